The molecule has 0 bridgehead atoms. The van der Waals surface area contributed by atoms with Gasteiger partial charge in [-0.2, -0.15) is 0 Å². The van der Waals surface area contributed by atoms with Gasteiger partial charge in [-0.25, -0.2) is 0 Å². The van der Waals surface area contributed by atoms with Crippen LogP contribution in [0.15, 0.2) is 24.3 Å². The highest BCUT2D eigenvalue weighted by atomic mass is 15.1. The lowest BCUT2D eigenvalue weighted by Crippen LogP contribution is -2.30. The van der Waals surface area contributed by atoms with Gasteiger partial charge in [-0.1, -0.05) is 45.0 Å². The largest absolute Gasteiger partial charge is 0.324 e. The van der Waals surface area contributed by atoms with Crippen LogP contribution in [0.2, 0.25) is 0 Å². The van der Waals surface area contributed by atoms with E-state index in [1.54, 1.807) is 0 Å². The number of rotatable bonds is 7. The van der Waals surface area contributed by atoms with Crippen LogP contribution >= 0.6 is 0 Å². The molecule has 0 saturated carbocycles. The molecule has 0 aliphatic rings. The molecular formula is C16H28N2. The lowest BCUT2D eigenvalue weighted by atomic mass is 9.99. The number of nitrogens with two attached hydrogens (primary N) is 1. The van der Waals surface area contributed by atoms with Crippen molar-refractivity contribution in [2.45, 2.75) is 40.2 Å². The second-order valence-electron chi connectivity index (χ2n) is 5.54. The summed E-state index contributed by atoms with van der Waals surface area (Å²) >= 11 is 0. The Morgan fingerprint density at radius 3 is 2.44 bits per heavy atom. The van der Waals surface area contributed by atoms with Crippen LogP contribution < -0.4 is 5.73 Å². The second kappa shape index (κ2) is 7.55. The van der Waals surface area contributed by atoms with Gasteiger partial charge in [-0.05, 0) is 43.5 Å². The molecule has 1 aromatic rings. The van der Waals surface area contributed by atoms with Gasteiger partial charge < -0.3 is 10.6 Å². The van der Waals surface area contributed by atoms with Gasteiger partial charge in [-0.3, -0.25) is 0 Å². The van der Waals surface area contributed by atoms with E-state index in [0.29, 0.717) is 0 Å². The van der Waals surface area contributed by atoms with Crippen LogP contribution in [-0.2, 0) is 0 Å². The number of benzene rings is 1. The molecule has 0 fully saturated rings. The summed E-state index contributed by atoms with van der Waals surface area (Å²) in [6.07, 6.45) is 1.03. The molecule has 0 amide bonds. The van der Waals surface area contributed by atoms with Gasteiger partial charge in [-0.15, -0.1) is 0 Å². The lowest BCUT2D eigenvalue weighted by Gasteiger charge is -2.24. The predicted octanol–water partition coefficient (Wildman–Crippen LogP) is 3.36. The molecule has 0 radical (unpaired) electrons. The fourth-order valence-corrected chi connectivity index (χ4v) is 2.37. The zero-order chi connectivity index (χ0) is 13.5. The fraction of sp³-hybridized carbons (Fsp3) is 0.625. The maximum Gasteiger partial charge on any atom is 0.0309 e. The molecule has 102 valence electrons. The minimum Gasteiger partial charge on any atom is -0.324 e. The molecule has 0 aliphatic carbocycles. The molecular weight excluding hydrogens is 220 g/mol. The van der Waals surface area contributed by atoms with Crippen LogP contribution in [0.1, 0.15) is 44.4 Å². The molecule has 2 heteroatoms. The van der Waals surface area contributed by atoms with E-state index in [-0.39, 0.29) is 6.04 Å². The number of hydrogen-bond donors (Lipinski definition) is 1. The Kier molecular flexibility index (Phi) is 6.37. The van der Waals surface area contributed by atoms with Crippen molar-refractivity contribution in [2.75, 3.05) is 19.6 Å². The van der Waals surface area contributed by atoms with Crippen LogP contribution in [0.4, 0.5) is 0 Å². The topological polar surface area (TPSA) is 29.3 Å². The smallest absolute Gasteiger partial charge is 0.0309 e. The van der Waals surface area contributed by atoms with Gasteiger partial charge in [0.05, 0.1) is 0 Å². The van der Waals surface area contributed by atoms with Crippen LogP contribution in [-0.4, -0.2) is 24.5 Å². The first-order valence-electron chi connectivity index (χ1n) is 7.08. The van der Waals surface area contributed by atoms with Crippen molar-refractivity contribution in [1.29, 1.82) is 0 Å². The summed E-state index contributed by atoms with van der Waals surface area (Å²) in [4.78, 5) is 2.49. The molecule has 1 atom stereocenters. The average Bonchev–Trinajstić information content (AvgIpc) is 2.34. The third-order valence-electron chi connectivity index (χ3n) is 3.41. The maximum atomic E-state index is 6.30. The van der Waals surface area contributed by atoms with E-state index in [9.17, 15) is 0 Å². The van der Waals surface area contributed by atoms with Crippen molar-refractivity contribution in [3.05, 3.63) is 35.4 Å². The normalized spacial score (nSPS) is 13.3. The SMILES string of the molecule is CCN(CCC(N)c1ccccc1C)CC(C)C. The molecule has 0 aliphatic heterocycles. The van der Waals surface area contributed by atoms with Gasteiger partial charge in [0, 0.05) is 12.6 Å². The average molecular weight is 248 g/mol. The Bertz CT molecular complexity index is 347. The van der Waals surface area contributed by atoms with Gasteiger partial charge in [0.2, 0.25) is 0 Å². The summed E-state index contributed by atoms with van der Waals surface area (Å²) in [7, 11) is 0. The van der Waals surface area contributed by atoms with Crippen LogP contribution in [0.3, 0.4) is 0 Å². The van der Waals surface area contributed by atoms with E-state index in [4.69, 9.17) is 5.73 Å². The van der Waals surface area contributed by atoms with Crippen LogP contribution in [0.25, 0.3) is 0 Å². The quantitative estimate of drug-likeness (QED) is 0.801. The standard InChI is InChI=1S/C16H28N2/c1-5-18(12-13(2)3)11-10-16(17)15-9-7-6-8-14(15)4/h6-9,13,16H,5,10-12,17H2,1-4H3. The van der Waals surface area contributed by atoms with Crippen molar-refractivity contribution in [1.82, 2.24) is 4.90 Å². The van der Waals surface area contributed by atoms with Gasteiger partial charge in [0.25, 0.3) is 0 Å². The van der Waals surface area contributed by atoms with E-state index in [2.05, 4.69) is 56.9 Å². The molecule has 1 aromatic carbocycles. The minimum absolute atomic E-state index is 0.160. The molecule has 0 spiro atoms. The van der Waals surface area contributed by atoms with Crippen LogP contribution in [0, 0.1) is 12.8 Å². The predicted molar refractivity (Wildman–Crippen MR) is 79.7 cm³/mol. The van der Waals surface area contributed by atoms with Gasteiger partial charge in [0.1, 0.15) is 0 Å². The molecule has 0 aromatic heterocycles. The summed E-state index contributed by atoms with van der Waals surface area (Å²) in [6, 6.07) is 8.60. The summed E-state index contributed by atoms with van der Waals surface area (Å²) in [5, 5.41) is 0. The Balaban J connectivity index is 2.50. The highest BCUT2D eigenvalue weighted by Crippen LogP contribution is 2.18. The summed E-state index contributed by atoms with van der Waals surface area (Å²) in [5.41, 5.74) is 8.90. The molecule has 0 heterocycles. The van der Waals surface area contributed by atoms with E-state index in [1.807, 2.05) is 0 Å². The third kappa shape index (κ3) is 4.79. The monoisotopic (exact) mass is 248 g/mol. The van der Waals surface area contributed by atoms with E-state index >= 15 is 0 Å². The number of aryl methyl sites for hydroxylation is 1. The number of nitrogens with zero attached hydrogens (tertiary/aromatic N) is 1. The Morgan fingerprint density at radius 2 is 1.89 bits per heavy atom. The molecule has 0 saturated heterocycles. The summed E-state index contributed by atoms with van der Waals surface area (Å²) in [6.45, 7) is 12.3. The first-order valence-corrected chi connectivity index (χ1v) is 7.08. The van der Waals surface area contributed by atoms with E-state index < -0.39 is 0 Å². The second-order valence-corrected chi connectivity index (χ2v) is 5.54. The van der Waals surface area contributed by atoms with Gasteiger partial charge >= 0.3 is 0 Å². The third-order valence-corrected chi connectivity index (χ3v) is 3.41. The summed E-state index contributed by atoms with van der Waals surface area (Å²) in [5.74, 6) is 0.722. The van der Waals surface area contributed by atoms with Crippen LogP contribution in [0.5, 0.6) is 0 Å². The molecule has 1 unspecified atom stereocenters. The first kappa shape index (κ1) is 15.2. The highest BCUT2D eigenvalue weighted by Gasteiger charge is 2.11. The van der Waals surface area contributed by atoms with Gasteiger partial charge in [0.15, 0.2) is 0 Å². The minimum atomic E-state index is 0.160. The highest BCUT2D eigenvalue weighted by molar-refractivity contribution is 5.28. The molecule has 2 N–H and O–H groups in total. The van der Waals surface area contributed by atoms with E-state index in [1.165, 1.54) is 11.1 Å². The lowest BCUT2D eigenvalue weighted by molar-refractivity contribution is 0.247. The Labute approximate surface area is 112 Å². The fourth-order valence-electron chi connectivity index (χ4n) is 2.37. The van der Waals surface area contributed by atoms with Crippen molar-refractivity contribution in [2.24, 2.45) is 11.7 Å². The van der Waals surface area contributed by atoms with Crippen molar-refractivity contribution in [3.63, 3.8) is 0 Å². The zero-order valence-corrected chi connectivity index (χ0v) is 12.3. The maximum absolute atomic E-state index is 6.30. The first-order chi connectivity index (χ1) is 8.54. The zero-order valence-electron chi connectivity index (χ0n) is 12.3. The Hall–Kier alpha value is -0.860. The Morgan fingerprint density at radius 1 is 1.22 bits per heavy atom. The van der Waals surface area contributed by atoms with Crippen molar-refractivity contribution >= 4 is 0 Å². The molecule has 1 rings (SSSR count). The van der Waals surface area contributed by atoms with E-state index in [0.717, 1.165) is 32.0 Å². The summed E-state index contributed by atoms with van der Waals surface area (Å²) < 4.78 is 0. The number of hydrogen-bond acceptors (Lipinski definition) is 2. The van der Waals surface area contributed by atoms with Crippen molar-refractivity contribution in [3.8, 4) is 0 Å². The molecule has 18 heavy (non-hydrogen) atoms. The molecule has 2 nitrogen and oxygen atoms in total. The van der Waals surface area contributed by atoms with Crippen molar-refractivity contribution < 1.29 is 0 Å².